The molecule has 0 radical (unpaired) electrons. The lowest BCUT2D eigenvalue weighted by Gasteiger charge is -2.25. The molecule has 1 aliphatic heterocycles. The molecule has 36 heavy (non-hydrogen) atoms. The Morgan fingerprint density at radius 1 is 1.36 bits per heavy atom. The van der Waals surface area contributed by atoms with Gasteiger partial charge in [0.25, 0.3) is 0 Å². The average molecular weight is 485 g/mol. The van der Waals surface area contributed by atoms with Crippen molar-refractivity contribution in [3.8, 4) is 23.2 Å². The van der Waals surface area contributed by atoms with Gasteiger partial charge in [-0.3, -0.25) is 4.79 Å². The Morgan fingerprint density at radius 2 is 2.11 bits per heavy atom. The number of aliphatic hydroxyl groups is 1. The van der Waals surface area contributed by atoms with Crippen LogP contribution in [-0.4, -0.2) is 51.7 Å². The lowest BCUT2D eigenvalue weighted by atomic mass is 9.80. The van der Waals surface area contributed by atoms with Gasteiger partial charge in [0.2, 0.25) is 5.91 Å². The number of aliphatic hydroxyl groups excluding tert-OH is 1. The molecule has 1 N–H and O–H groups in total. The second-order valence-corrected chi connectivity index (χ2v) is 9.65. The molecule has 1 saturated heterocycles. The van der Waals surface area contributed by atoms with Gasteiger partial charge in [-0.05, 0) is 68.5 Å². The molecule has 1 spiro atoms. The van der Waals surface area contributed by atoms with E-state index < -0.39 is 0 Å². The van der Waals surface area contributed by atoms with Gasteiger partial charge in [-0.1, -0.05) is 18.7 Å². The maximum absolute atomic E-state index is 12.5. The standard InChI is InChI=1S/C29H32N4O3/c1-5-6-25(24-9-10-29(20(24)4)14-27(35)33(18-29)11-12-34)23-16-31-28(32-17-23)21-7-8-26(36-19(2)3)22(13-21)15-30/h5-8,13,16-17,19,34H,4,9-12,14,18H2,1-3H3/b6-5-,25-24+/t29-/m0/s1. The summed E-state index contributed by atoms with van der Waals surface area (Å²) in [6.07, 6.45) is 9.72. The Labute approximate surface area is 212 Å². The number of ether oxygens (including phenoxy) is 1. The number of hydrogen-bond donors (Lipinski definition) is 1. The van der Waals surface area contributed by atoms with Crippen molar-refractivity contribution in [3.05, 3.63) is 71.6 Å². The molecule has 1 aromatic heterocycles. The molecule has 1 atom stereocenters. The molecule has 7 heteroatoms. The molecule has 4 rings (SSSR count). The molecule has 0 unspecified atom stereocenters. The fourth-order valence-corrected chi connectivity index (χ4v) is 5.16. The highest BCUT2D eigenvalue weighted by atomic mass is 16.5. The van der Waals surface area contributed by atoms with Crippen LogP contribution in [0, 0.1) is 16.7 Å². The Morgan fingerprint density at radius 3 is 2.75 bits per heavy atom. The van der Waals surface area contributed by atoms with Crippen LogP contribution in [0.2, 0.25) is 0 Å². The van der Waals surface area contributed by atoms with E-state index in [2.05, 4.69) is 22.6 Å². The summed E-state index contributed by atoms with van der Waals surface area (Å²) in [4.78, 5) is 23.5. The summed E-state index contributed by atoms with van der Waals surface area (Å²) < 4.78 is 5.72. The number of rotatable bonds is 7. The molecule has 2 aromatic rings. The van der Waals surface area contributed by atoms with Gasteiger partial charge in [-0.15, -0.1) is 0 Å². The van der Waals surface area contributed by atoms with Crippen LogP contribution in [-0.2, 0) is 4.79 Å². The first kappa shape index (κ1) is 25.3. The van der Waals surface area contributed by atoms with E-state index in [1.165, 1.54) is 0 Å². The number of nitrogens with zero attached hydrogens (tertiary/aromatic N) is 4. The third-order valence-corrected chi connectivity index (χ3v) is 6.91. The highest BCUT2D eigenvalue weighted by Gasteiger charge is 2.49. The first-order chi connectivity index (χ1) is 17.3. The lowest BCUT2D eigenvalue weighted by Crippen LogP contribution is -2.30. The van der Waals surface area contributed by atoms with Gasteiger partial charge in [0.1, 0.15) is 11.8 Å². The second-order valence-electron chi connectivity index (χ2n) is 9.65. The summed E-state index contributed by atoms with van der Waals surface area (Å²) in [7, 11) is 0. The number of carbonyl (C=O) groups is 1. The van der Waals surface area contributed by atoms with Crippen LogP contribution < -0.4 is 4.74 Å². The minimum atomic E-state index is -0.275. The number of aromatic nitrogens is 2. The normalized spacial score (nSPS) is 21.2. The molecule has 1 aliphatic carbocycles. The van der Waals surface area contributed by atoms with Crippen LogP contribution in [0.25, 0.3) is 17.0 Å². The summed E-state index contributed by atoms with van der Waals surface area (Å²) in [5.41, 5.74) is 4.92. The maximum atomic E-state index is 12.5. The van der Waals surface area contributed by atoms with Gasteiger partial charge >= 0.3 is 0 Å². The van der Waals surface area contributed by atoms with Crippen molar-refractivity contribution in [1.29, 1.82) is 5.26 Å². The molecule has 186 valence electrons. The zero-order valence-electron chi connectivity index (χ0n) is 21.1. The summed E-state index contributed by atoms with van der Waals surface area (Å²) >= 11 is 0. The van der Waals surface area contributed by atoms with Gasteiger partial charge in [0.15, 0.2) is 5.82 Å². The molecular weight excluding hydrogens is 452 g/mol. The summed E-state index contributed by atoms with van der Waals surface area (Å²) in [5.74, 6) is 1.15. The van der Waals surface area contributed by atoms with E-state index in [0.29, 0.717) is 36.6 Å². The minimum Gasteiger partial charge on any atom is -0.490 e. The predicted octanol–water partition coefficient (Wildman–Crippen LogP) is 4.69. The fraction of sp³-hybridized carbons (Fsp3) is 0.379. The fourth-order valence-electron chi connectivity index (χ4n) is 5.16. The minimum absolute atomic E-state index is 0.0267. The third-order valence-electron chi connectivity index (χ3n) is 6.91. The van der Waals surface area contributed by atoms with E-state index in [-0.39, 0.29) is 24.0 Å². The predicted molar refractivity (Wildman–Crippen MR) is 139 cm³/mol. The van der Waals surface area contributed by atoms with Crippen molar-refractivity contribution in [2.24, 2.45) is 5.41 Å². The topological polar surface area (TPSA) is 99.3 Å². The van der Waals surface area contributed by atoms with Gasteiger partial charge in [-0.25, -0.2) is 9.97 Å². The number of carbonyl (C=O) groups excluding carboxylic acids is 1. The number of benzene rings is 1. The van der Waals surface area contributed by atoms with Gasteiger partial charge in [0, 0.05) is 48.4 Å². The van der Waals surface area contributed by atoms with E-state index in [4.69, 9.17) is 4.74 Å². The first-order valence-corrected chi connectivity index (χ1v) is 12.3. The maximum Gasteiger partial charge on any atom is 0.223 e. The lowest BCUT2D eigenvalue weighted by molar-refractivity contribution is -0.128. The number of nitriles is 1. The summed E-state index contributed by atoms with van der Waals surface area (Å²) in [6, 6.07) is 7.57. The van der Waals surface area contributed by atoms with Crippen molar-refractivity contribution < 1.29 is 14.6 Å². The van der Waals surface area contributed by atoms with Crippen molar-refractivity contribution in [2.45, 2.75) is 46.1 Å². The van der Waals surface area contributed by atoms with E-state index in [1.807, 2.05) is 39.0 Å². The summed E-state index contributed by atoms with van der Waals surface area (Å²) in [5, 5.41) is 18.9. The highest BCUT2D eigenvalue weighted by molar-refractivity contribution is 5.84. The van der Waals surface area contributed by atoms with Gasteiger partial charge < -0.3 is 14.7 Å². The van der Waals surface area contributed by atoms with Crippen molar-refractivity contribution in [3.63, 3.8) is 0 Å². The molecule has 0 bridgehead atoms. The van der Waals surface area contributed by atoms with Gasteiger partial charge in [-0.2, -0.15) is 5.26 Å². The van der Waals surface area contributed by atoms with Crippen molar-refractivity contribution in [2.75, 3.05) is 19.7 Å². The SMILES string of the molecule is C=C1/C(=C(\C=C/C)c2cnc(-c3ccc(OC(C)C)c(C#N)c3)nc2)CC[C@@]12CC(=O)N(CCO)C2. The van der Waals surface area contributed by atoms with E-state index in [1.54, 1.807) is 29.4 Å². The number of likely N-dealkylation sites (tertiary alicyclic amines) is 1. The Bertz CT molecular complexity index is 1270. The van der Waals surface area contributed by atoms with Crippen LogP contribution in [0.1, 0.15) is 51.2 Å². The zero-order valence-corrected chi connectivity index (χ0v) is 21.1. The zero-order chi connectivity index (χ0) is 25.9. The molecule has 1 amide bonds. The van der Waals surface area contributed by atoms with Crippen molar-refractivity contribution >= 4 is 11.5 Å². The first-order valence-electron chi connectivity index (χ1n) is 12.3. The van der Waals surface area contributed by atoms with E-state index >= 15 is 0 Å². The molecular formula is C29H32N4O3. The number of hydrogen-bond acceptors (Lipinski definition) is 6. The van der Waals surface area contributed by atoms with Gasteiger partial charge in [0.05, 0.1) is 18.3 Å². The van der Waals surface area contributed by atoms with E-state index in [9.17, 15) is 15.2 Å². The number of amides is 1. The van der Waals surface area contributed by atoms with Crippen molar-refractivity contribution in [1.82, 2.24) is 14.9 Å². The molecule has 2 aliphatic rings. The van der Waals surface area contributed by atoms with Crippen LogP contribution in [0.15, 0.2) is 60.5 Å². The quantitative estimate of drug-likeness (QED) is 0.612. The van der Waals surface area contributed by atoms with Crippen LogP contribution in [0.3, 0.4) is 0 Å². The summed E-state index contributed by atoms with van der Waals surface area (Å²) in [6.45, 7) is 11.2. The van der Waals surface area contributed by atoms with Crippen LogP contribution >= 0.6 is 0 Å². The largest absolute Gasteiger partial charge is 0.490 e. The molecule has 2 fully saturated rings. The Balaban J connectivity index is 1.63. The number of β-amino-alcohol motifs (C(OH)–C–C–N with tert-alkyl or cyclic N) is 1. The Kier molecular flexibility index (Phi) is 7.37. The number of allylic oxidation sites excluding steroid dienone is 4. The van der Waals surface area contributed by atoms with Crippen LogP contribution in [0.4, 0.5) is 0 Å². The monoisotopic (exact) mass is 484 g/mol. The smallest absolute Gasteiger partial charge is 0.223 e. The molecule has 7 nitrogen and oxygen atoms in total. The van der Waals surface area contributed by atoms with E-state index in [0.717, 1.165) is 40.7 Å². The van der Waals surface area contributed by atoms with Crippen LogP contribution in [0.5, 0.6) is 5.75 Å². The molecule has 1 aromatic carbocycles. The average Bonchev–Trinajstić information content (AvgIpc) is 3.35. The molecule has 1 saturated carbocycles. The highest BCUT2D eigenvalue weighted by Crippen LogP contribution is 2.53. The Hall–Kier alpha value is -3.76. The third kappa shape index (κ3) is 4.82. The second kappa shape index (κ2) is 10.5. The molecule has 2 heterocycles.